The quantitative estimate of drug-likeness (QED) is 0.937. The van der Waals surface area contributed by atoms with Crippen molar-refractivity contribution in [2.75, 3.05) is 6.67 Å². The molecule has 0 saturated heterocycles. The van der Waals surface area contributed by atoms with Gasteiger partial charge in [-0.25, -0.2) is 9.37 Å². The van der Waals surface area contributed by atoms with Crippen molar-refractivity contribution >= 4 is 27.5 Å². The molecule has 0 aliphatic carbocycles. The molecule has 2 aromatic rings. The number of rotatable bonds is 4. The first kappa shape index (κ1) is 14.6. The smallest absolute Gasteiger partial charge is 0.262 e. The summed E-state index contributed by atoms with van der Waals surface area (Å²) < 4.78 is 14.0. The van der Waals surface area contributed by atoms with Crippen molar-refractivity contribution in [1.29, 1.82) is 0 Å². The predicted molar refractivity (Wildman–Crippen MR) is 77.2 cm³/mol. The third kappa shape index (κ3) is 2.22. The van der Waals surface area contributed by atoms with Crippen molar-refractivity contribution in [3.8, 4) is 0 Å². The molecule has 0 bridgehead atoms. The van der Waals surface area contributed by atoms with Crippen LogP contribution in [0.3, 0.4) is 0 Å². The Morgan fingerprint density at radius 2 is 2.15 bits per heavy atom. The van der Waals surface area contributed by atoms with Crippen LogP contribution in [-0.2, 0) is 6.54 Å². The molecule has 20 heavy (non-hydrogen) atoms. The van der Waals surface area contributed by atoms with Gasteiger partial charge in [0.25, 0.3) is 11.5 Å². The summed E-state index contributed by atoms with van der Waals surface area (Å²) in [5.74, 6) is -0.0662. The lowest BCUT2D eigenvalue weighted by molar-refractivity contribution is 0.100. The minimum atomic E-state index is -0.640. The standard InChI is InChI=1S/C13H16FN3O2S/c1-6(2)11-16-12-8(13(19)17(11)5-4-14)7(3)9(20-12)10(15)18/h6H,4-5H2,1-3H3,(H2,15,18). The minimum absolute atomic E-state index is 0.0157. The van der Waals surface area contributed by atoms with E-state index in [4.69, 9.17) is 5.73 Å². The summed E-state index contributed by atoms with van der Waals surface area (Å²) >= 11 is 1.11. The highest BCUT2D eigenvalue weighted by Crippen LogP contribution is 2.28. The van der Waals surface area contributed by atoms with Crippen molar-refractivity contribution in [2.45, 2.75) is 33.2 Å². The van der Waals surface area contributed by atoms with Gasteiger partial charge in [-0.2, -0.15) is 0 Å². The molecule has 0 fully saturated rings. The summed E-state index contributed by atoms with van der Waals surface area (Å²) in [4.78, 5) is 29.1. The van der Waals surface area contributed by atoms with Crippen LogP contribution in [0.2, 0.25) is 0 Å². The van der Waals surface area contributed by atoms with Gasteiger partial charge < -0.3 is 5.73 Å². The first-order valence-electron chi connectivity index (χ1n) is 6.28. The van der Waals surface area contributed by atoms with Gasteiger partial charge in [0.15, 0.2) is 0 Å². The highest BCUT2D eigenvalue weighted by molar-refractivity contribution is 7.20. The zero-order valence-electron chi connectivity index (χ0n) is 11.6. The van der Waals surface area contributed by atoms with E-state index >= 15 is 0 Å². The van der Waals surface area contributed by atoms with Gasteiger partial charge in [-0.05, 0) is 12.5 Å². The van der Waals surface area contributed by atoms with Crippen LogP contribution < -0.4 is 11.3 Å². The Hall–Kier alpha value is -1.76. The Labute approximate surface area is 119 Å². The zero-order valence-corrected chi connectivity index (χ0v) is 12.4. The summed E-state index contributed by atoms with van der Waals surface area (Å²) in [6.07, 6.45) is 0. The lowest BCUT2D eigenvalue weighted by Crippen LogP contribution is -2.26. The Morgan fingerprint density at radius 1 is 1.50 bits per heavy atom. The van der Waals surface area contributed by atoms with Gasteiger partial charge in [0.1, 0.15) is 17.3 Å². The number of hydrogen-bond acceptors (Lipinski definition) is 4. The van der Waals surface area contributed by atoms with Crippen molar-refractivity contribution in [3.63, 3.8) is 0 Å². The molecule has 2 N–H and O–H groups in total. The second-order valence-corrected chi connectivity index (χ2v) is 5.87. The van der Waals surface area contributed by atoms with Gasteiger partial charge in [0.2, 0.25) is 0 Å². The zero-order chi connectivity index (χ0) is 15.0. The molecular formula is C13H16FN3O2S. The maximum absolute atomic E-state index is 12.7. The van der Waals surface area contributed by atoms with Gasteiger partial charge in [-0.15, -0.1) is 11.3 Å². The number of amides is 1. The molecule has 0 aliphatic heterocycles. The molecule has 7 heteroatoms. The van der Waals surface area contributed by atoms with E-state index in [1.54, 1.807) is 6.92 Å². The van der Waals surface area contributed by atoms with Crippen LogP contribution in [0.4, 0.5) is 4.39 Å². The molecule has 2 rings (SSSR count). The van der Waals surface area contributed by atoms with Crippen LogP contribution >= 0.6 is 11.3 Å². The minimum Gasteiger partial charge on any atom is -0.365 e. The topological polar surface area (TPSA) is 78.0 Å². The fraction of sp³-hybridized carbons (Fsp3) is 0.462. The van der Waals surface area contributed by atoms with Gasteiger partial charge in [-0.1, -0.05) is 13.8 Å². The Bertz CT molecular complexity index is 733. The monoisotopic (exact) mass is 297 g/mol. The summed E-state index contributed by atoms with van der Waals surface area (Å²) in [5.41, 5.74) is 5.52. The summed E-state index contributed by atoms with van der Waals surface area (Å²) in [5, 5.41) is 0.363. The van der Waals surface area contributed by atoms with Crippen molar-refractivity contribution in [1.82, 2.24) is 9.55 Å². The molecule has 2 heterocycles. The van der Waals surface area contributed by atoms with Gasteiger partial charge in [0, 0.05) is 5.92 Å². The molecule has 0 spiro atoms. The van der Waals surface area contributed by atoms with E-state index in [1.165, 1.54) is 4.57 Å². The molecule has 0 atom stereocenters. The number of thiophene rings is 1. The molecule has 1 amide bonds. The number of hydrogen-bond donors (Lipinski definition) is 1. The Balaban J connectivity index is 2.87. The molecular weight excluding hydrogens is 281 g/mol. The lowest BCUT2D eigenvalue weighted by atomic mass is 10.1. The molecule has 108 valence electrons. The maximum Gasteiger partial charge on any atom is 0.262 e. The number of halogens is 1. The van der Waals surface area contributed by atoms with E-state index in [-0.39, 0.29) is 18.0 Å². The van der Waals surface area contributed by atoms with E-state index in [2.05, 4.69) is 4.98 Å². The highest BCUT2D eigenvalue weighted by Gasteiger charge is 2.21. The fourth-order valence-electron chi connectivity index (χ4n) is 2.21. The Morgan fingerprint density at radius 3 is 2.65 bits per heavy atom. The van der Waals surface area contributed by atoms with Crippen molar-refractivity contribution in [3.05, 3.63) is 26.6 Å². The van der Waals surface area contributed by atoms with Crippen LogP contribution in [-0.4, -0.2) is 22.1 Å². The number of aromatic nitrogens is 2. The second kappa shape index (κ2) is 5.32. The largest absolute Gasteiger partial charge is 0.365 e. The average molecular weight is 297 g/mol. The third-order valence-corrected chi connectivity index (χ3v) is 4.33. The highest BCUT2D eigenvalue weighted by atomic mass is 32.1. The molecule has 5 nitrogen and oxygen atoms in total. The Kier molecular flexibility index (Phi) is 3.89. The van der Waals surface area contributed by atoms with E-state index in [1.807, 2.05) is 13.8 Å². The van der Waals surface area contributed by atoms with Gasteiger partial charge in [0.05, 0.1) is 16.8 Å². The van der Waals surface area contributed by atoms with Crippen LogP contribution in [0.5, 0.6) is 0 Å². The molecule has 0 radical (unpaired) electrons. The molecule has 0 unspecified atom stereocenters. The number of alkyl halides is 1. The summed E-state index contributed by atoms with van der Waals surface area (Å²) in [6.45, 7) is 4.77. The number of fused-ring (bicyclic) bond motifs is 1. The number of nitrogens with zero attached hydrogens (tertiary/aromatic N) is 2. The number of aryl methyl sites for hydroxylation is 1. The fourth-order valence-corrected chi connectivity index (χ4v) is 3.24. The van der Waals surface area contributed by atoms with Gasteiger partial charge >= 0.3 is 0 Å². The van der Waals surface area contributed by atoms with Crippen LogP contribution in [0, 0.1) is 6.92 Å². The average Bonchev–Trinajstić information content (AvgIpc) is 2.70. The predicted octanol–water partition coefficient (Wildman–Crippen LogP) is 1.96. The molecule has 0 aliphatic rings. The first-order valence-corrected chi connectivity index (χ1v) is 7.09. The SMILES string of the molecule is Cc1c(C(N)=O)sc2nc(C(C)C)n(CCF)c(=O)c12. The van der Waals surface area contributed by atoms with E-state index < -0.39 is 12.6 Å². The van der Waals surface area contributed by atoms with E-state index in [0.717, 1.165) is 11.3 Å². The van der Waals surface area contributed by atoms with Crippen molar-refractivity contribution in [2.24, 2.45) is 5.73 Å². The maximum atomic E-state index is 12.7. The molecule has 2 aromatic heterocycles. The number of carbonyl (C=O) groups excluding carboxylic acids is 1. The molecule has 0 aromatic carbocycles. The lowest BCUT2D eigenvalue weighted by Gasteiger charge is -2.13. The second-order valence-electron chi connectivity index (χ2n) is 4.87. The normalized spacial score (nSPS) is 11.4. The van der Waals surface area contributed by atoms with Crippen LogP contribution in [0.15, 0.2) is 4.79 Å². The number of primary amides is 1. The summed E-state index contributed by atoms with van der Waals surface area (Å²) in [6, 6.07) is 0. The molecule has 0 saturated carbocycles. The number of nitrogens with two attached hydrogens (primary N) is 1. The summed E-state index contributed by atoms with van der Waals surface area (Å²) in [7, 11) is 0. The van der Waals surface area contributed by atoms with E-state index in [9.17, 15) is 14.0 Å². The number of carbonyl (C=O) groups is 1. The van der Waals surface area contributed by atoms with E-state index in [0.29, 0.717) is 26.5 Å². The van der Waals surface area contributed by atoms with Gasteiger partial charge in [-0.3, -0.25) is 14.2 Å². The van der Waals surface area contributed by atoms with Crippen LogP contribution in [0.25, 0.3) is 10.2 Å². The van der Waals surface area contributed by atoms with Crippen molar-refractivity contribution < 1.29 is 9.18 Å². The third-order valence-electron chi connectivity index (χ3n) is 3.13. The van der Waals surface area contributed by atoms with Crippen LogP contribution in [0.1, 0.15) is 40.8 Å². The first-order chi connectivity index (χ1) is 9.38.